The minimum Gasteiger partial charge on any atom is -0.500 e. The predicted octanol–water partition coefficient (Wildman–Crippen LogP) is 8.28. The first-order valence-corrected chi connectivity index (χ1v) is 14.1. The van der Waals surface area contributed by atoms with Crippen LogP contribution in [0.1, 0.15) is 0 Å². The SMILES string of the molecule is [Ir].[c-]1ccc2c(oc3c4ccccc4ccc23)c1-c1nc2ncnnc2n1-c1ccccc1.[c-]1ccccc1-c1ccccn1. The Hall–Kier alpha value is -5.56. The van der Waals surface area contributed by atoms with Crippen LogP contribution in [0.3, 0.4) is 0 Å². The molecule has 0 atom stereocenters. The monoisotopic (exact) mass is 759 g/mol. The smallest absolute Gasteiger partial charge is 0.197 e. The number of aromatic nitrogens is 6. The molecule has 7 nitrogen and oxygen atoms in total. The average Bonchev–Trinajstić information content (AvgIpc) is 3.69. The minimum absolute atomic E-state index is 0. The van der Waals surface area contributed by atoms with E-state index in [0.29, 0.717) is 17.1 Å². The molecule has 9 rings (SSSR count). The Balaban J connectivity index is 0.000000211. The summed E-state index contributed by atoms with van der Waals surface area (Å²) in [5.41, 5.74) is 6.38. The third-order valence-electron chi connectivity index (χ3n) is 7.43. The molecule has 0 bridgehead atoms. The molecule has 0 amide bonds. The Bertz CT molecular complexity index is 2350. The number of imidazole rings is 1. The second-order valence-corrected chi connectivity index (χ2v) is 10.1. The summed E-state index contributed by atoms with van der Waals surface area (Å²) in [6.07, 6.45) is 3.20. The van der Waals surface area contributed by atoms with Gasteiger partial charge in [-0.2, -0.15) is 0 Å². The zero-order valence-electron chi connectivity index (χ0n) is 23.6. The maximum absolute atomic E-state index is 6.50. The van der Waals surface area contributed by atoms with Crippen LogP contribution >= 0.6 is 0 Å². The van der Waals surface area contributed by atoms with E-state index in [9.17, 15) is 0 Å². The third kappa shape index (κ3) is 5.16. The van der Waals surface area contributed by atoms with E-state index in [2.05, 4.69) is 56.6 Å². The quantitative estimate of drug-likeness (QED) is 0.169. The van der Waals surface area contributed by atoms with Crippen LogP contribution in [0.25, 0.3) is 72.3 Å². The van der Waals surface area contributed by atoms with Crippen LogP contribution < -0.4 is 0 Å². The van der Waals surface area contributed by atoms with Gasteiger partial charge >= 0.3 is 0 Å². The number of benzene rings is 5. The molecule has 0 N–H and O–H groups in total. The zero-order valence-corrected chi connectivity index (χ0v) is 26.0. The molecule has 0 saturated heterocycles. The van der Waals surface area contributed by atoms with Gasteiger partial charge in [0.25, 0.3) is 0 Å². The molecule has 4 heterocycles. The molecular formula is C37H22IrN6O-2. The average molecular weight is 759 g/mol. The summed E-state index contributed by atoms with van der Waals surface area (Å²) >= 11 is 0. The maximum atomic E-state index is 6.50. The molecular weight excluding hydrogens is 737 g/mol. The van der Waals surface area contributed by atoms with E-state index in [4.69, 9.17) is 9.40 Å². The van der Waals surface area contributed by atoms with Gasteiger partial charge < -0.3 is 14.0 Å². The molecule has 5 aromatic carbocycles. The minimum atomic E-state index is 0. The van der Waals surface area contributed by atoms with Crippen molar-refractivity contribution in [1.29, 1.82) is 0 Å². The standard InChI is InChI=1S/C26H14N5O.C11H8N.Ir/c1-2-8-17(9-3-1)31-25(29-24-26(31)30-28-15-27-24)21-12-6-11-19-20-14-13-16-7-4-5-10-18(16)22(20)32-23(19)21;1-2-6-10(7-3-1)11-8-4-5-9-12-11;/h1-11,13-15H;1-6,8-9H;/q2*-1;. The van der Waals surface area contributed by atoms with E-state index in [1.807, 2.05) is 102 Å². The van der Waals surface area contributed by atoms with E-state index in [1.54, 1.807) is 6.20 Å². The van der Waals surface area contributed by atoms with Crippen molar-refractivity contribution in [2.45, 2.75) is 0 Å². The molecule has 0 spiro atoms. The van der Waals surface area contributed by atoms with Gasteiger partial charge in [-0.15, -0.1) is 64.3 Å². The summed E-state index contributed by atoms with van der Waals surface area (Å²) in [6, 6.07) is 46.5. The van der Waals surface area contributed by atoms with Gasteiger partial charge in [0.15, 0.2) is 11.3 Å². The summed E-state index contributed by atoms with van der Waals surface area (Å²) in [4.78, 5) is 13.3. The Morgan fingerprint density at radius 3 is 2.31 bits per heavy atom. The van der Waals surface area contributed by atoms with Gasteiger partial charge in [-0.3, -0.25) is 4.98 Å². The molecule has 1 radical (unpaired) electrons. The van der Waals surface area contributed by atoms with Gasteiger partial charge in [0.05, 0.1) is 11.4 Å². The summed E-state index contributed by atoms with van der Waals surface area (Å²) in [6.45, 7) is 0. The van der Waals surface area contributed by atoms with Crippen LogP contribution in [0.5, 0.6) is 0 Å². The van der Waals surface area contributed by atoms with Gasteiger partial charge in [0, 0.05) is 42.8 Å². The number of rotatable bonds is 3. The Morgan fingerprint density at radius 1 is 0.644 bits per heavy atom. The molecule has 9 aromatic rings. The first-order valence-electron chi connectivity index (χ1n) is 14.1. The second-order valence-electron chi connectivity index (χ2n) is 10.1. The van der Waals surface area contributed by atoms with Gasteiger partial charge in [0.2, 0.25) is 0 Å². The van der Waals surface area contributed by atoms with E-state index in [1.165, 1.54) is 6.33 Å². The van der Waals surface area contributed by atoms with Crippen molar-refractivity contribution < 1.29 is 24.5 Å². The molecule has 0 aliphatic rings. The van der Waals surface area contributed by atoms with Gasteiger partial charge in [-0.05, 0) is 29.3 Å². The molecule has 45 heavy (non-hydrogen) atoms. The predicted molar refractivity (Wildman–Crippen MR) is 172 cm³/mol. The first kappa shape index (κ1) is 28.2. The van der Waals surface area contributed by atoms with E-state index in [0.717, 1.165) is 55.2 Å². The van der Waals surface area contributed by atoms with Crippen LogP contribution in [-0.2, 0) is 20.1 Å². The van der Waals surface area contributed by atoms with Gasteiger partial charge in [-0.25, -0.2) is 4.98 Å². The zero-order chi connectivity index (χ0) is 29.3. The maximum Gasteiger partial charge on any atom is 0.197 e. The molecule has 4 aromatic heterocycles. The summed E-state index contributed by atoms with van der Waals surface area (Å²) < 4.78 is 8.45. The third-order valence-corrected chi connectivity index (χ3v) is 7.43. The summed E-state index contributed by atoms with van der Waals surface area (Å²) in [5, 5.41) is 12.6. The van der Waals surface area contributed by atoms with Crippen LogP contribution in [-0.4, -0.2) is 29.7 Å². The topological polar surface area (TPSA) is 82.5 Å². The number of nitrogens with zero attached hydrogens (tertiary/aromatic N) is 6. The van der Waals surface area contributed by atoms with Crippen molar-refractivity contribution in [2.24, 2.45) is 0 Å². The number of hydrogen-bond donors (Lipinski definition) is 0. The van der Waals surface area contributed by atoms with Crippen molar-refractivity contribution in [3.8, 4) is 28.3 Å². The fourth-order valence-electron chi connectivity index (χ4n) is 5.44. The fourth-order valence-corrected chi connectivity index (χ4v) is 5.44. The number of furan rings is 1. The van der Waals surface area contributed by atoms with Crippen molar-refractivity contribution in [3.05, 3.63) is 146 Å². The largest absolute Gasteiger partial charge is 0.500 e. The summed E-state index contributed by atoms with van der Waals surface area (Å²) in [5.74, 6) is 0.660. The van der Waals surface area contributed by atoms with Crippen LogP contribution in [0.2, 0.25) is 0 Å². The van der Waals surface area contributed by atoms with Gasteiger partial charge in [-0.1, -0.05) is 77.7 Å². The van der Waals surface area contributed by atoms with Gasteiger partial charge in [0.1, 0.15) is 11.9 Å². The van der Waals surface area contributed by atoms with Crippen LogP contribution in [0, 0.1) is 12.1 Å². The number of pyridine rings is 1. The molecule has 0 aliphatic heterocycles. The molecule has 0 aliphatic carbocycles. The molecule has 0 saturated carbocycles. The van der Waals surface area contributed by atoms with E-state index >= 15 is 0 Å². The molecule has 0 fully saturated rings. The van der Waals surface area contributed by atoms with E-state index in [-0.39, 0.29) is 20.1 Å². The Morgan fingerprint density at radius 2 is 1.47 bits per heavy atom. The number of fused-ring (bicyclic) bond motifs is 6. The van der Waals surface area contributed by atoms with E-state index < -0.39 is 0 Å². The van der Waals surface area contributed by atoms with Crippen LogP contribution in [0.4, 0.5) is 0 Å². The molecule has 0 unspecified atom stereocenters. The Kier molecular flexibility index (Phi) is 7.66. The Labute approximate surface area is 271 Å². The molecule has 217 valence electrons. The number of hydrogen-bond acceptors (Lipinski definition) is 6. The van der Waals surface area contributed by atoms with Crippen molar-refractivity contribution in [3.63, 3.8) is 0 Å². The summed E-state index contributed by atoms with van der Waals surface area (Å²) in [7, 11) is 0. The first-order chi connectivity index (χ1) is 21.8. The number of para-hydroxylation sites is 1. The van der Waals surface area contributed by atoms with Crippen molar-refractivity contribution in [2.75, 3.05) is 0 Å². The normalized spacial score (nSPS) is 10.9. The van der Waals surface area contributed by atoms with Crippen molar-refractivity contribution >= 4 is 44.0 Å². The fraction of sp³-hybridized carbons (Fsp3) is 0. The van der Waals surface area contributed by atoms with Crippen molar-refractivity contribution in [1.82, 2.24) is 29.7 Å². The van der Waals surface area contributed by atoms with Crippen LogP contribution in [0.15, 0.2) is 138 Å². The molecule has 8 heteroatoms. The second kappa shape index (κ2) is 12.2.